The SMILES string of the molecule is COc1cc(N2CCN(C(=O)CC34CC5CC(CC(C5)C3)C4)CC2)ccc1Nc1ncc2ccc(=O)n(-c3cccc(NC(=O)C4CC4)c3)c2n1. The van der Waals surface area contributed by atoms with Crippen molar-refractivity contribution in [2.75, 3.05) is 48.8 Å². The molecule has 2 amide bonds. The van der Waals surface area contributed by atoms with E-state index in [1.165, 1.54) is 49.2 Å². The predicted octanol–water partition coefficient (Wildman–Crippen LogP) is 6.14. The van der Waals surface area contributed by atoms with Crippen LogP contribution in [0.2, 0.25) is 0 Å². The van der Waals surface area contributed by atoms with Gasteiger partial charge in [-0.15, -0.1) is 0 Å². The van der Waals surface area contributed by atoms with Gasteiger partial charge in [0.25, 0.3) is 5.56 Å². The molecule has 5 aliphatic carbocycles. The number of methoxy groups -OCH3 is 1. The molecule has 3 heterocycles. The van der Waals surface area contributed by atoms with Crippen molar-refractivity contribution in [1.29, 1.82) is 0 Å². The van der Waals surface area contributed by atoms with Crippen molar-refractivity contribution in [1.82, 2.24) is 19.4 Å². The Labute approximate surface area is 297 Å². The molecular weight excluding hydrogens is 642 g/mol. The van der Waals surface area contributed by atoms with Crippen LogP contribution in [-0.4, -0.2) is 64.5 Å². The van der Waals surface area contributed by atoms with E-state index in [9.17, 15) is 14.4 Å². The molecule has 51 heavy (non-hydrogen) atoms. The monoisotopic (exact) mass is 687 g/mol. The highest BCUT2D eigenvalue weighted by Gasteiger charge is 2.51. The predicted molar refractivity (Wildman–Crippen MR) is 197 cm³/mol. The van der Waals surface area contributed by atoms with Gasteiger partial charge in [0.05, 0.1) is 18.5 Å². The number of nitrogens with zero attached hydrogens (tertiary/aromatic N) is 5. The average Bonchev–Trinajstić information content (AvgIpc) is 3.97. The standard InChI is InChI=1S/C40H45N7O4/c1-51-34-19-31(45-11-13-46(14-12-45)36(49)23-40-20-25-15-26(21-40)17-27(16-25)22-40)8-9-33(34)43-39-41-24-29-7-10-35(48)47(37(29)44-39)32-4-2-3-30(18-32)42-38(50)28-5-6-28/h2-4,7-10,18-19,24-28H,5-6,11-17,20-23H2,1H3,(H,42,50)(H,41,43,44). The second-order valence-corrected chi connectivity index (χ2v) is 15.8. The molecule has 0 unspecified atom stereocenters. The molecule has 264 valence electrons. The van der Waals surface area contributed by atoms with Crippen LogP contribution in [-0.2, 0) is 9.59 Å². The lowest BCUT2D eigenvalue weighted by Crippen LogP contribution is -2.52. The van der Waals surface area contributed by atoms with E-state index in [1.807, 2.05) is 30.3 Å². The summed E-state index contributed by atoms with van der Waals surface area (Å²) in [6.45, 7) is 3.02. The van der Waals surface area contributed by atoms with Gasteiger partial charge in [-0.1, -0.05) is 6.07 Å². The highest BCUT2D eigenvalue weighted by atomic mass is 16.5. The second kappa shape index (κ2) is 12.7. The Balaban J connectivity index is 0.886. The van der Waals surface area contributed by atoms with Gasteiger partial charge in [0.15, 0.2) is 5.65 Å². The van der Waals surface area contributed by atoms with E-state index in [1.54, 1.807) is 25.4 Å². The maximum absolute atomic E-state index is 13.6. The number of ether oxygens (including phenoxy) is 1. The first-order valence-electron chi connectivity index (χ1n) is 18.6. The number of hydrogen-bond acceptors (Lipinski definition) is 8. The third-order valence-electron chi connectivity index (χ3n) is 12.1. The lowest BCUT2D eigenvalue weighted by Gasteiger charge is -2.57. The molecule has 5 saturated carbocycles. The number of fused-ring (bicyclic) bond motifs is 1. The summed E-state index contributed by atoms with van der Waals surface area (Å²) in [5.41, 5.74) is 3.43. The largest absolute Gasteiger partial charge is 0.494 e. The second-order valence-electron chi connectivity index (χ2n) is 15.8. The minimum absolute atomic E-state index is 0.00554. The maximum atomic E-state index is 13.6. The topological polar surface area (TPSA) is 122 Å². The van der Waals surface area contributed by atoms with E-state index in [4.69, 9.17) is 9.72 Å². The molecule has 2 aromatic carbocycles. The Morgan fingerprint density at radius 2 is 1.65 bits per heavy atom. The number of aromatic nitrogens is 3. The summed E-state index contributed by atoms with van der Waals surface area (Å²) in [4.78, 5) is 52.8. The zero-order valence-corrected chi connectivity index (χ0v) is 29.1. The van der Waals surface area contributed by atoms with Gasteiger partial charge in [0.1, 0.15) is 5.75 Å². The first-order valence-corrected chi connectivity index (χ1v) is 18.6. The molecule has 11 nitrogen and oxygen atoms in total. The van der Waals surface area contributed by atoms with Gasteiger partial charge in [-0.2, -0.15) is 4.98 Å². The van der Waals surface area contributed by atoms with Gasteiger partial charge in [0, 0.05) is 73.6 Å². The van der Waals surface area contributed by atoms with Gasteiger partial charge in [-0.05, 0) is 111 Å². The van der Waals surface area contributed by atoms with Gasteiger partial charge >= 0.3 is 0 Å². The number of piperazine rings is 1. The van der Waals surface area contributed by atoms with Gasteiger partial charge in [-0.25, -0.2) is 4.98 Å². The Kier molecular flexibility index (Phi) is 7.96. The summed E-state index contributed by atoms with van der Waals surface area (Å²) < 4.78 is 7.34. The minimum atomic E-state index is -0.241. The third-order valence-corrected chi connectivity index (χ3v) is 12.1. The van der Waals surface area contributed by atoms with Crippen LogP contribution >= 0.6 is 0 Å². The summed E-state index contributed by atoms with van der Waals surface area (Å²) in [5, 5.41) is 6.96. The fraction of sp³-hybridized carbons (Fsp3) is 0.475. The Morgan fingerprint density at radius 1 is 0.902 bits per heavy atom. The highest BCUT2D eigenvalue weighted by molar-refractivity contribution is 5.94. The first-order chi connectivity index (χ1) is 24.8. The molecule has 1 saturated heterocycles. The van der Waals surface area contributed by atoms with Gasteiger partial charge in [0.2, 0.25) is 17.8 Å². The quantitative estimate of drug-likeness (QED) is 0.216. The minimum Gasteiger partial charge on any atom is -0.494 e. The number of anilines is 4. The van der Waals surface area contributed by atoms with Crippen molar-refractivity contribution < 1.29 is 14.3 Å². The molecule has 2 N–H and O–H groups in total. The van der Waals surface area contributed by atoms with Gasteiger partial charge < -0.3 is 25.2 Å². The maximum Gasteiger partial charge on any atom is 0.256 e. The van der Waals surface area contributed by atoms with E-state index in [0.29, 0.717) is 45.7 Å². The van der Waals surface area contributed by atoms with Crippen LogP contribution in [0.3, 0.4) is 0 Å². The summed E-state index contributed by atoms with van der Waals surface area (Å²) in [6.07, 6.45) is 12.3. The zero-order valence-electron chi connectivity index (χ0n) is 29.1. The number of benzene rings is 2. The molecule has 1 aliphatic heterocycles. The van der Waals surface area contributed by atoms with Gasteiger partial charge in [-0.3, -0.25) is 19.0 Å². The Hall–Kier alpha value is -4.93. The van der Waals surface area contributed by atoms with E-state index in [2.05, 4.69) is 31.5 Å². The van der Waals surface area contributed by atoms with Crippen LogP contribution in [0.4, 0.5) is 23.0 Å². The van der Waals surface area contributed by atoms with Crippen molar-refractivity contribution in [3.63, 3.8) is 0 Å². The first kappa shape index (κ1) is 32.0. The molecule has 6 aliphatic rings. The highest BCUT2D eigenvalue weighted by Crippen LogP contribution is 2.61. The molecule has 2 aromatic heterocycles. The Bertz CT molecular complexity index is 2030. The zero-order chi connectivity index (χ0) is 34.7. The molecule has 11 heteroatoms. The van der Waals surface area contributed by atoms with E-state index in [-0.39, 0.29) is 22.8 Å². The summed E-state index contributed by atoms with van der Waals surface area (Å²) in [7, 11) is 1.64. The molecule has 0 atom stereocenters. The lowest BCUT2D eigenvalue weighted by atomic mass is 9.49. The number of carbonyl (C=O) groups excluding carboxylic acids is 2. The number of pyridine rings is 1. The molecular formula is C40H45N7O4. The molecule has 10 rings (SSSR count). The lowest BCUT2D eigenvalue weighted by molar-refractivity contribution is -0.139. The smallest absolute Gasteiger partial charge is 0.256 e. The van der Waals surface area contributed by atoms with E-state index in [0.717, 1.165) is 68.9 Å². The fourth-order valence-corrected chi connectivity index (χ4v) is 9.89. The van der Waals surface area contributed by atoms with Crippen molar-refractivity contribution >= 4 is 45.9 Å². The van der Waals surface area contributed by atoms with Crippen molar-refractivity contribution in [3.8, 4) is 11.4 Å². The molecule has 4 bridgehead atoms. The third kappa shape index (κ3) is 6.31. The van der Waals surface area contributed by atoms with Crippen LogP contribution in [0.5, 0.6) is 5.75 Å². The molecule has 0 spiro atoms. The van der Waals surface area contributed by atoms with E-state index >= 15 is 0 Å². The van der Waals surface area contributed by atoms with Crippen LogP contribution in [0.15, 0.2) is 65.6 Å². The van der Waals surface area contributed by atoms with E-state index < -0.39 is 0 Å². The average molecular weight is 688 g/mol. The number of carbonyl (C=O) groups is 2. The van der Waals surface area contributed by atoms with Crippen molar-refractivity contribution in [3.05, 3.63) is 71.1 Å². The van der Waals surface area contributed by atoms with Crippen LogP contribution < -0.4 is 25.8 Å². The normalized spacial score (nSPS) is 25.2. The van der Waals surface area contributed by atoms with Crippen LogP contribution in [0, 0.1) is 29.1 Å². The number of hydrogen-bond donors (Lipinski definition) is 2. The molecule has 0 radical (unpaired) electrons. The molecule has 6 fully saturated rings. The number of rotatable bonds is 9. The Morgan fingerprint density at radius 3 is 2.35 bits per heavy atom. The van der Waals surface area contributed by atoms with Crippen LogP contribution in [0.1, 0.15) is 57.8 Å². The fourth-order valence-electron chi connectivity index (χ4n) is 9.89. The number of nitrogens with one attached hydrogen (secondary N) is 2. The van der Waals surface area contributed by atoms with Crippen LogP contribution in [0.25, 0.3) is 16.7 Å². The summed E-state index contributed by atoms with van der Waals surface area (Å²) >= 11 is 0. The summed E-state index contributed by atoms with van der Waals surface area (Å²) in [6, 6.07) is 16.5. The van der Waals surface area contributed by atoms with Crippen molar-refractivity contribution in [2.45, 2.75) is 57.8 Å². The summed E-state index contributed by atoms with van der Waals surface area (Å²) in [5.74, 6) is 3.96. The van der Waals surface area contributed by atoms with Crippen molar-refractivity contribution in [2.24, 2.45) is 29.1 Å². The molecule has 4 aromatic rings. The number of amides is 2.